The van der Waals surface area contributed by atoms with Gasteiger partial charge in [0, 0.05) is 106 Å². The van der Waals surface area contributed by atoms with Crippen molar-refractivity contribution in [1.29, 1.82) is 0 Å². The van der Waals surface area contributed by atoms with Gasteiger partial charge in [-0.25, -0.2) is 9.97 Å². The van der Waals surface area contributed by atoms with Crippen LogP contribution in [0.1, 0.15) is 72.0 Å². The second kappa shape index (κ2) is 17.5. The van der Waals surface area contributed by atoms with E-state index in [1.807, 2.05) is 24.3 Å². The molecule has 2 amide bonds. The van der Waals surface area contributed by atoms with E-state index in [0.29, 0.717) is 65.4 Å². The standard InChI is InChI=1S/C51H60N10O5/c1-6-46(63)54-41-25-36(8-10-43(41)59-19-18-58(28-32(59)2)37-12-16-57(17-13-37)38-9-7-34-31-66-22-14-33(34)23-38)53-47-50(65)56(5)29-42(55-47)39-11-15-52-48(40(39)30-62)61-21-20-60-44(49(61)64)24-35-26-51(3,4)27-45(35)60/h6-11,15,23-25,29,32,37,62H,1,12-14,16-22,26-28,30-31H2,2-5H3,(H,53,55)(H,54,63). The number of amides is 2. The number of aryl methyl sites for hydroxylation is 1. The van der Waals surface area contributed by atoms with E-state index in [1.54, 1.807) is 30.4 Å². The van der Waals surface area contributed by atoms with Crippen LogP contribution in [0.3, 0.4) is 0 Å². The number of piperazine rings is 1. The van der Waals surface area contributed by atoms with E-state index in [0.717, 1.165) is 77.1 Å². The highest BCUT2D eigenvalue weighted by atomic mass is 16.5. The monoisotopic (exact) mass is 892 g/mol. The largest absolute Gasteiger partial charge is 0.392 e. The number of nitrogens with one attached hydrogen (secondary N) is 2. The Balaban J connectivity index is 0.853. The fourth-order valence-electron chi connectivity index (χ4n) is 11.0. The SMILES string of the molecule is C=CC(=O)Nc1cc(Nc2nc(-c3ccnc(N4CCn5c(cc6c5CC(C)(C)C6)C4=O)c3CO)cn(C)c2=O)ccc1N1CCN(C2CCN(c3ccc4c(c3)CCOC4)CC2)CC1C. The molecule has 0 bridgehead atoms. The fraction of sp³-hybridized carbons (Fsp3) is 0.431. The average molecular weight is 893 g/mol. The van der Waals surface area contributed by atoms with Crippen LogP contribution in [0.15, 0.2) is 78.4 Å². The Morgan fingerprint density at radius 3 is 2.61 bits per heavy atom. The number of carbonyl (C=O) groups excluding carboxylic acids is 2. The van der Waals surface area contributed by atoms with Gasteiger partial charge in [-0.1, -0.05) is 26.5 Å². The number of anilines is 6. The zero-order valence-corrected chi connectivity index (χ0v) is 38.5. The first-order chi connectivity index (χ1) is 31.9. The van der Waals surface area contributed by atoms with Crippen LogP contribution in [-0.4, -0.2) is 98.9 Å². The summed E-state index contributed by atoms with van der Waals surface area (Å²) in [7, 11) is 1.65. The van der Waals surface area contributed by atoms with Crippen LogP contribution >= 0.6 is 0 Å². The third kappa shape index (κ3) is 8.17. The van der Waals surface area contributed by atoms with Crippen LogP contribution in [0.25, 0.3) is 11.3 Å². The zero-order chi connectivity index (χ0) is 45.9. The lowest BCUT2D eigenvalue weighted by Gasteiger charge is -2.47. The highest BCUT2D eigenvalue weighted by molar-refractivity contribution is 6.06. The minimum Gasteiger partial charge on any atom is -0.392 e. The minimum absolute atomic E-state index is 0.0598. The second-order valence-electron chi connectivity index (χ2n) is 19.4. The fourth-order valence-corrected chi connectivity index (χ4v) is 11.0. The maximum absolute atomic E-state index is 14.0. The molecular weight excluding hydrogens is 833 g/mol. The number of aromatic nitrogens is 4. The number of benzene rings is 2. The lowest BCUT2D eigenvalue weighted by atomic mass is 9.90. The zero-order valence-electron chi connectivity index (χ0n) is 38.5. The van der Waals surface area contributed by atoms with Crippen molar-refractivity contribution in [3.8, 4) is 11.3 Å². The summed E-state index contributed by atoms with van der Waals surface area (Å²) >= 11 is 0. The molecular formula is C51H60N10O5. The van der Waals surface area contributed by atoms with E-state index in [4.69, 9.17) is 9.72 Å². The van der Waals surface area contributed by atoms with E-state index < -0.39 is 6.61 Å². The first kappa shape index (κ1) is 43.6. The van der Waals surface area contributed by atoms with Crippen LogP contribution < -0.4 is 30.9 Å². The van der Waals surface area contributed by atoms with Crippen LogP contribution in [0, 0.1) is 5.41 Å². The van der Waals surface area contributed by atoms with E-state index in [9.17, 15) is 19.5 Å². The predicted octanol–water partition coefficient (Wildman–Crippen LogP) is 6.04. The molecule has 1 unspecified atom stereocenters. The molecule has 3 aromatic heterocycles. The normalized spacial score (nSPS) is 19.6. The smallest absolute Gasteiger partial charge is 0.293 e. The summed E-state index contributed by atoms with van der Waals surface area (Å²) in [5.74, 6) is -0.0662. The summed E-state index contributed by atoms with van der Waals surface area (Å²) in [5.41, 5.74) is 10.4. The number of piperidine rings is 1. The predicted molar refractivity (Wildman–Crippen MR) is 258 cm³/mol. The molecule has 7 heterocycles. The number of fused-ring (bicyclic) bond motifs is 4. The van der Waals surface area contributed by atoms with Crippen molar-refractivity contribution in [1.82, 2.24) is 24.0 Å². The van der Waals surface area contributed by atoms with Crippen molar-refractivity contribution < 1.29 is 19.4 Å². The summed E-state index contributed by atoms with van der Waals surface area (Å²) in [5, 5.41) is 17.1. The molecule has 2 fully saturated rings. The highest BCUT2D eigenvalue weighted by Gasteiger charge is 2.38. The van der Waals surface area contributed by atoms with Crippen molar-refractivity contribution in [3.05, 3.63) is 118 Å². The number of hydrogen-bond donors (Lipinski definition) is 3. The van der Waals surface area contributed by atoms with Crippen molar-refractivity contribution in [2.24, 2.45) is 12.5 Å². The molecule has 344 valence electrons. The molecule has 2 aromatic carbocycles. The van der Waals surface area contributed by atoms with Crippen molar-refractivity contribution >= 4 is 46.2 Å². The number of aliphatic hydroxyl groups is 1. The van der Waals surface area contributed by atoms with Crippen molar-refractivity contribution in [2.45, 2.75) is 84.7 Å². The molecule has 2 saturated heterocycles. The number of nitrogens with zero attached hydrogens (tertiary/aromatic N) is 8. The molecule has 15 nitrogen and oxygen atoms in total. The van der Waals surface area contributed by atoms with Crippen LogP contribution in [0.2, 0.25) is 0 Å². The summed E-state index contributed by atoms with van der Waals surface area (Å²) in [6.45, 7) is 17.2. The molecule has 66 heavy (non-hydrogen) atoms. The summed E-state index contributed by atoms with van der Waals surface area (Å²) in [6.07, 6.45) is 9.54. The second-order valence-corrected chi connectivity index (χ2v) is 19.4. The Labute approximate surface area is 385 Å². The summed E-state index contributed by atoms with van der Waals surface area (Å²) in [6, 6.07) is 17.0. The number of rotatable bonds is 10. The number of hydrogen-bond acceptors (Lipinski definition) is 11. The van der Waals surface area contributed by atoms with Gasteiger partial charge >= 0.3 is 0 Å². The minimum atomic E-state index is -0.395. The maximum atomic E-state index is 14.0. The van der Waals surface area contributed by atoms with Gasteiger partial charge in [0.2, 0.25) is 5.91 Å². The molecule has 5 aliphatic rings. The van der Waals surface area contributed by atoms with Gasteiger partial charge in [-0.05, 0) is 110 Å². The first-order valence-corrected chi connectivity index (χ1v) is 23.4. The quantitative estimate of drug-likeness (QED) is 0.141. The first-order valence-electron chi connectivity index (χ1n) is 23.4. The molecule has 0 spiro atoms. The maximum Gasteiger partial charge on any atom is 0.293 e. The summed E-state index contributed by atoms with van der Waals surface area (Å²) in [4.78, 5) is 59.1. The molecule has 1 aliphatic carbocycles. The number of ether oxygens (including phenoxy) is 1. The molecule has 4 aliphatic heterocycles. The van der Waals surface area contributed by atoms with Gasteiger partial charge in [-0.15, -0.1) is 0 Å². The molecule has 15 heteroatoms. The van der Waals surface area contributed by atoms with Crippen LogP contribution in [0.5, 0.6) is 0 Å². The lowest BCUT2D eigenvalue weighted by molar-refractivity contribution is -0.111. The van der Waals surface area contributed by atoms with Gasteiger partial charge in [0.1, 0.15) is 11.5 Å². The Hall–Kier alpha value is -6.29. The van der Waals surface area contributed by atoms with Gasteiger partial charge in [0.25, 0.3) is 11.5 Å². The van der Waals surface area contributed by atoms with Crippen molar-refractivity contribution in [2.75, 3.05) is 71.2 Å². The molecule has 1 atom stereocenters. The number of aliphatic hydroxyl groups excluding tert-OH is 1. The number of carbonyl (C=O) groups is 2. The van der Waals surface area contributed by atoms with Gasteiger partial charge in [0.05, 0.1) is 36.9 Å². The van der Waals surface area contributed by atoms with Gasteiger partial charge in [0.15, 0.2) is 5.82 Å². The molecule has 0 saturated carbocycles. The Kier molecular flexibility index (Phi) is 11.6. The van der Waals surface area contributed by atoms with Gasteiger partial charge in [-0.3, -0.25) is 24.2 Å². The Bertz CT molecular complexity index is 2790. The molecule has 10 rings (SSSR count). The third-order valence-electron chi connectivity index (χ3n) is 14.4. The van der Waals surface area contributed by atoms with Crippen LogP contribution in [0.4, 0.5) is 34.4 Å². The Morgan fingerprint density at radius 1 is 0.985 bits per heavy atom. The highest BCUT2D eigenvalue weighted by Crippen LogP contribution is 2.41. The van der Waals surface area contributed by atoms with Crippen molar-refractivity contribution in [3.63, 3.8) is 0 Å². The van der Waals surface area contributed by atoms with E-state index >= 15 is 0 Å². The van der Waals surface area contributed by atoms with Gasteiger partial charge < -0.3 is 39.4 Å². The van der Waals surface area contributed by atoms with Crippen LogP contribution in [-0.2, 0) is 55.6 Å². The topological polar surface area (TPSA) is 153 Å². The lowest BCUT2D eigenvalue weighted by Crippen LogP contribution is -2.57. The molecule has 3 N–H and O–H groups in total. The number of pyridine rings is 1. The van der Waals surface area contributed by atoms with Gasteiger partial charge in [-0.2, -0.15) is 0 Å². The average Bonchev–Trinajstić information content (AvgIpc) is 3.82. The third-order valence-corrected chi connectivity index (χ3v) is 14.4. The molecule has 0 radical (unpaired) electrons. The van der Waals surface area contributed by atoms with E-state index in [1.165, 1.54) is 38.7 Å². The molecule has 5 aromatic rings. The summed E-state index contributed by atoms with van der Waals surface area (Å²) < 4.78 is 9.24. The van der Waals surface area contributed by atoms with E-state index in [2.05, 4.69) is 80.4 Å². The van der Waals surface area contributed by atoms with E-state index in [-0.39, 0.29) is 34.6 Å². The Morgan fingerprint density at radius 2 is 1.82 bits per heavy atom.